The lowest BCUT2D eigenvalue weighted by molar-refractivity contribution is -0.116. The van der Waals surface area contributed by atoms with Gasteiger partial charge in [0.15, 0.2) is 17.3 Å². The molecule has 0 fully saturated rings. The number of para-hydroxylation sites is 3. The average molecular weight is 485 g/mol. The molecule has 0 aromatic heterocycles. The van der Waals surface area contributed by atoms with Crippen molar-refractivity contribution in [2.75, 3.05) is 24.9 Å². The summed E-state index contributed by atoms with van der Waals surface area (Å²) in [5.74, 6) is 2.29. The Balaban J connectivity index is 1.57. The summed E-state index contributed by atoms with van der Waals surface area (Å²) in [6.07, 6.45) is 1.28. The Morgan fingerprint density at radius 3 is 2.31 bits per heavy atom. The number of ketones is 1. The van der Waals surface area contributed by atoms with Crippen LogP contribution in [-0.2, 0) is 4.79 Å². The second-order valence-corrected chi connectivity index (χ2v) is 9.49. The molecule has 0 saturated carbocycles. The number of carbonyl (C=O) groups excluding carboxylic acids is 1. The SMILES string of the molecule is COc1cccc(C2Nc3ccccc3NC3=C2C(=O)CC(c2ccc(OC(C)C)cc2)C3)c1OC. The maximum atomic E-state index is 13.8. The Morgan fingerprint density at radius 1 is 0.861 bits per heavy atom. The number of Topliss-reactive ketones (excluding diaryl/α,β-unsaturated/α-hetero) is 1. The minimum Gasteiger partial charge on any atom is -0.493 e. The third kappa shape index (κ3) is 4.51. The number of methoxy groups -OCH3 is 2. The van der Waals surface area contributed by atoms with E-state index in [1.807, 2.05) is 68.4 Å². The number of nitrogens with one attached hydrogen (secondary N) is 2. The molecule has 3 aromatic carbocycles. The zero-order valence-electron chi connectivity index (χ0n) is 21.1. The molecule has 6 heteroatoms. The first-order chi connectivity index (χ1) is 17.5. The van der Waals surface area contributed by atoms with Crippen LogP contribution in [0.15, 0.2) is 78.0 Å². The van der Waals surface area contributed by atoms with Crippen LogP contribution in [-0.4, -0.2) is 26.1 Å². The van der Waals surface area contributed by atoms with Gasteiger partial charge < -0.3 is 24.8 Å². The van der Waals surface area contributed by atoms with Gasteiger partial charge in [0.1, 0.15) is 5.75 Å². The fraction of sp³-hybridized carbons (Fsp3) is 0.300. The Hall–Kier alpha value is -3.93. The van der Waals surface area contributed by atoms with E-state index in [1.54, 1.807) is 14.2 Å². The molecule has 2 unspecified atom stereocenters. The average Bonchev–Trinajstić information content (AvgIpc) is 3.05. The van der Waals surface area contributed by atoms with Crippen LogP contribution in [0.4, 0.5) is 11.4 Å². The van der Waals surface area contributed by atoms with Gasteiger partial charge in [-0.15, -0.1) is 0 Å². The Labute approximate surface area is 212 Å². The van der Waals surface area contributed by atoms with Crippen LogP contribution in [0.5, 0.6) is 17.2 Å². The molecule has 2 aliphatic rings. The molecule has 0 spiro atoms. The number of rotatable bonds is 6. The number of anilines is 2. The van der Waals surface area contributed by atoms with Crippen molar-refractivity contribution in [3.05, 3.63) is 89.1 Å². The zero-order chi connectivity index (χ0) is 25.2. The predicted octanol–water partition coefficient (Wildman–Crippen LogP) is 6.47. The lowest BCUT2D eigenvalue weighted by Crippen LogP contribution is -2.27. The summed E-state index contributed by atoms with van der Waals surface area (Å²) in [5, 5.41) is 7.21. The minimum atomic E-state index is -0.378. The van der Waals surface area contributed by atoms with Crippen LogP contribution >= 0.6 is 0 Å². The number of allylic oxidation sites excluding steroid dienone is 1. The fourth-order valence-corrected chi connectivity index (χ4v) is 5.19. The van der Waals surface area contributed by atoms with Gasteiger partial charge in [0.25, 0.3) is 0 Å². The van der Waals surface area contributed by atoms with E-state index in [4.69, 9.17) is 14.2 Å². The molecular weight excluding hydrogens is 452 g/mol. The Morgan fingerprint density at radius 2 is 1.61 bits per heavy atom. The van der Waals surface area contributed by atoms with E-state index < -0.39 is 0 Å². The van der Waals surface area contributed by atoms with Gasteiger partial charge >= 0.3 is 0 Å². The van der Waals surface area contributed by atoms with Gasteiger partial charge in [-0.25, -0.2) is 0 Å². The van der Waals surface area contributed by atoms with Gasteiger partial charge in [-0.2, -0.15) is 0 Å². The first kappa shape index (κ1) is 23.8. The van der Waals surface area contributed by atoms with Gasteiger partial charge in [0.2, 0.25) is 0 Å². The maximum Gasteiger partial charge on any atom is 0.166 e. The molecule has 0 amide bonds. The fourth-order valence-electron chi connectivity index (χ4n) is 5.19. The quantitative estimate of drug-likeness (QED) is 0.418. The molecule has 2 N–H and O–H groups in total. The second-order valence-electron chi connectivity index (χ2n) is 9.49. The number of carbonyl (C=O) groups is 1. The smallest absolute Gasteiger partial charge is 0.166 e. The van der Waals surface area contributed by atoms with Crippen molar-refractivity contribution < 1.29 is 19.0 Å². The highest BCUT2D eigenvalue weighted by atomic mass is 16.5. The van der Waals surface area contributed by atoms with E-state index in [9.17, 15) is 4.79 Å². The standard InChI is InChI=1S/C30H32N2O4/c1-18(2)36-21-14-12-19(13-15-21)20-16-25-28(26(33)17-20)29(32-24-10-6-5-9-23(24)31-25)22-8-7-11-27(34-3)30(22)35-4/h5-15,18,20,29,31-32H,16-17H2,1-4H3. The second kappa shape index (κ2) is 9.97. The first-order valence-electron chi connectivity index (χ1n) is 12.3. The minimum absolute atomic E-state index is 0.0787. The molecule has 5 rings (SSSR count). The van der Waals surface area contributed by atoms with E-state index >= 15 is 0 Å². The lowest BCUT2D eigenvalue weighted by Gasteiger charge is -2.30. The summed E-state index contributed by atoms with van der Waals surface area (Å²) in [4.78, 5) is 13.8. The van der Waals surface area contributed by atoms with Gasteiger partial charge in [-0.05, 0) is 62.1 Å². The van der Waals surface area contributed by atoms with Crippen molar-refractivity contribution in [2.45, 2.75) is 44.8 Å². The van der Waals surface area contributed by atoms with E-state index in [1.165, 1.54) is 0 Å². The normalized spacial score (nSPS) is 19.0. The van der Waals surface area contributed by atoms with Crippen LogP contribution in [0.2, 0.25) is 0 Å². The van der Waals surface area contributed by atoms with Crippen LogP contribution < -0.4 is 24.8 Å². The van der Waals surface area contributed by atoms with Crippen molar-refractivity contribution in [3.8, 4) is 17.2 Å². The number of benzene rings is 3. The first-order valence-corrected chi connectivity index (χ1v) is 12.3. The summed E-state index contributed by atoms with van der Waals surface area (Å²) in [6, 6.07) is 21.6. The van der Waals surface area contributed by atoms with Crippen molar-refractivity contribution in [2.24, 2.45) is 0 Å². The van der Waals surface area contributed by atoms with Gasteiger partial charge in [-0.3, -0.25) is 4.79 Å². The number of hydrogen-bond donors (Lipinski definition) is 2. The molecule has 1 aliphatic heterocycles. The van der Waals surface area contributed by atoms with Crippen LogP contribution in [0.3, 0.4) is 0 Å². The van der Waals surface area contributed by atoms with Gasteiger partial charge in [-0.1, -0.05) is 36.4 Å². The van der Waals surface area contributed by atoms with Crippen molar-refractivity contribution >= 4 is 17.2 Å². The van der Waals surface area contributed by atoms with Crippen molar-refractivity contribution in [1.82, 2.24) is 0 Å². The van der Waals surface area contributed by atoms with Crippen molar-refractivity contribution in [1.29, 1.82) is 0 Å². The highest BCUT2D eigenvalue weighted by molar-refractivity contribution is 6.01. The monoisotopic (exact) mass is 484 g/mol. The third-order valence-electron chi connectivity index (χ3n) is 6.78. The van der Waals surface area contributed by atoms with Crippen molar-refractivity contribution in [3.63, 3.8) is 0 Å². The van der Waals surface area contributed by atoms with E-state index in [2.05, 4.69) is 22.8 Å². The van der Waals surface area contributed by atoms with Crippen LogP contribution in [0.25, 0.3) is 0 Å². The van der Waals surface area contributed by atoms with Crippen LogP contribution in [0, 0.1) is 0 Å². The lowest BCUT2D eigenvalue weighted by atomic mass is 9.78. The predicted molar refractivity (Wildman–Crippen MR) is 142 cm³/mol. The largest absolute Gasteiger partial charge is 0.493 e. The molecule has 2 atom stereocenters. The number of ether oxygens (including phenoxy) is 3. The zero-order valence-corrected chi connectivity index (χ0v) is 21.1. The van der Waals surface area contributed by atoms with E-state index in [0.29, 0.717) is 17.9 Å². The highest BCUT2D eigenvalue weighted by Crippen LogP contribution is 2.47. The summed E-state index contributed by atoms with van der Waals surface area (Å²) in [7, 11) is 3.25. The molecule has 0 saturated heterocycles. The molecule has 0 bridgehead atoms. The Kier molecular flexibility index (Phi) is 6.59. The summed E-state index contributed by atoms with van der Waals surface area (Å²) >= 11 is 0. The molecule has 186 valence electrons. The third-order valence-corrected chi connectivity index (χ3v) is 6.78. The molecule has 6 nitrogen and oxygen atoms in total. The Bertz CT molecular complexity index is 1300. The summed E-state index contributed by atoms with van der Waals surface area (Å²) in [5.41, 5.74) is 5.56. The molecule has 3 aromatic rings. The maximum absolute atomic E-state index is 13.8. The van der Waals surface area contributed by atoms with Gasteiger partial charge in [0.05, 0.1) is 37.7 Å². The molecular formula is C30H32N2O4. The molecule has 1 aliphatic carbocycles. The molecule has 0 radical (unpaired) electrons. The number of hydrogen-bond acceptors (Lipinski definition) is 6. The number of fused-ring (bicyclic) bond motifs is 1. The highest BCUT2D eigenvalue weighted by Gasteiger charge is 2.37. The molecule has 36 heavy (non-hydrogen) atoms. The van der Waals surface area contributed by atoms with E-state index in [-0.39, 0.29) is 23.8 Å². The van der Waals surface area contributed by atoms with Gasteiger partial charge in [0, 0.05) is 23.3 Å². The van der Waals surface area contributed by atoms with E-state index in [0.717, 1.165) is 45.9 Å². The molecule has 1 heterocycles. The topological polar surface area (TPSA) is 68.8 Å². The summed E-state index contributed by atoms with van der Waals surface area (Å²) < 4.78 is 17.1. The summed E-state index contributed by atoms with van der Waals surface area (Å²) in [6.45, 7) is 4.03. The van der Waals surface area contributed by atoms with Crippen LogP contribution in [0.1, 0.15) is 49.8 Å².